The second-order valence-electron chi connectivity index (χ2n) is 6.92. The van der Waals surface area contributed by atoms with Gasteiger partial charge in [0.1, 0.15) is 0 Å². The van der Waals surface area contributed by atoms with Crippen molar-refractivity contribution in [3.63, 3.8) is 0 Å². The number of benzene rings is 2. The molecule has 3 rings (SSSR count). The fourth-order valence-corrected chi connectivity index (χ4v) is 5.24. The van der Waals surface area contributed by atoms with Crippen LogP contribution in [0.2, 0.25) is 0 Å². The predicted molar refractivity (Wildman–Crippen MR) is 115 cm³/mol. The molecule has 1 fully saturated rings. The summed E-state index contributed by atoms with van der Waals surface area (Å²) in [6, 6.07) is 14.9. The van der Waals surface area contributed by atoms with Crippen LogP contribution in [-0.4, -0.2) is 50.7 Å². The molecule has 1 aliphatic rings. The van der Waals surface area contributed by atoms with Gasteiger partial charge in [-0.05, 0) is 30.2 Å². The Morgan fingerprint density at radius 1 is 1.10 bits per heavy atom. The highest BCUT2D eigenvalue weighted by atomic mass is 32.2. The van der Waals surface area contributed by atoms with Crippen molar-refractivity contribution in [3.8, 4) is 0 Å². The van der Waals surface area contributed by atoms with E-state index in [2.05, 4.69) is 30.4 Å². The zero-order valence-electron chi connectivity index (χ0n) is 16.5. The maximum Gasteiger partial charge on any atom is 0.243 e. The molecule has 1 aliphatic heterocycles. The molecule has 2 aromatic rings. The minimum Gasteiger partial charge on any atom is -0.379 e. The van der Waals surface area contributed by atoms with Gasteiger partial charge >= 0.3 is 0 Å². The number of hydrogen-bond acceptors (Lipinski definition) is 5. The van der Waals surface area contributed by atoms with E-state index in [1.807, 2.05) is 6.07 Å². The summed E-state index contributed by atoms with van der Waals surface area (Å²) in [5.74, 6) is 1.15. The standard InChI is InChI=1S/C21H26N2O4S2/c1-17-3-2-4-19(13-17)15-28-16-21(24)22-14-18-5-7-20(8-6-18)29(25,26)23-9-11-27-12-10-23/h2-8,13H,9-12,14-16H2,1H3,(H,22,24). The second-order valence-corrected chi connectivity index (χ2v) is 9.84. The number of amides is 1. The molecule has 156 valence electrons. The molecule has 0 unspecified atom stereocenters. The molecule has 1 heterocycles. The van der Waals surface area contributed by atoms with Crippen molar-refractivity contribution in [2.75, 3.05) is 32.1 Å². The molecule has 0 bridgehead atoms. The number of carbonyl (C=O) groups is 1. The van der Waals surface area contributed by atoms with E-state index in [4.69, 9.17) is 4.74 Å². The normalized spacial score (nSPS) is 15.2. The van der Waals surface area contributed by atoms with E-state index in [-0.39, 0.29) is 10.8 Å². The molecule has 8 heteroatoms. The van der Waals surface area contributed by atoms with Gasteiger partial charge in [-0.3, -0.25) is 4.79 Å². The van der Waals surface area contributed by atoms with Crippen LogP contribution < -0.4 is 5.32 Å². The van der Waals surface area contributed by atoms with E-state index >= 15 is 0 Å². The number of nitrogens with one attached hydrogen (secondary N) is 1. The van der Waals surface area contributed by atoms with Crippen molar-refractivity contribution >= 4 is 27.7 Å². The Morgan fingerprint density at radius 2 is 1.83 bits per heavy atom. The first-order valence-electron chi connectivity index (χ1n) is 9.52. The summed E-state index contributed by atoms with van der Waals surface area (Å²) in [6.07, 6.45) is 0. The number of hydrogen-bond donors (Lipinski definition) is 1. The number of nitrogens with zero attached hydrogens (tertiary/aromatic N) is 1. The maximum absolute atomic E-state index is 12.6. The van der Waals surface area contributed by atoms with E-state index in [9.17, 15) is 13.2 Å². The molecule has 0 spiro atoms. The van der Waals surface area contributed by atoms with Crippen LogP contribution in [-0.2, 0) is 31.9 Å². The van der Waals surface area contributed by atoms with E-state index in [0.717, 1.165) is 11.3 Å². The van der Waals surface area contributed by atoms with Crippen molar-refractivity contribution in [3.05, 3.63) is 65.2 Å². The van der Waals surface area contributed by atoms with Crippen molar-refractivity contribution in [1.82, 2.24) is 9.62 Å². The van der Waals surface area contributed by atoms with Crippen LogP contribution in [0.4, 0.5) is 0 Å². The monoisotopic (exact) mass is 434 g/mol. The molecule has 6 nitrogen and oxygen atoms in total. The Hall–Kier alpha value is -1.87. The largest absolute Gasteiger partial charge is 0.379 e. The zero-order chi connectivity index (χ0) is 20.7. The highest BCUT2D eigenvalue weighted by Crippen LogP contribution is 2.18. The van der Waals surface area contributed by atoms with E-state index in [1.54, 1.807) is 36.0 Å². The van der Waals surface area contributed by atoms with Crippen LogP contribution in [0.25, 0.3) is 0 Å². The van der Waals surface area contributed by atoms with Gasteiger partial charge in [-0.25, -0.2) is 8.42 Å². The third-order valence-corrected chi connectivity index (χ3v) is 7.52. The van der Waals surface area contributed by atoms with Gasteiger partial charge in [0.05, 0.1) is 23.9 Å². The zero-order valence-corrected chi connectivity index (χ0v) is 18.1. The summed E-state index contributed by atoms with van der Waals surface area (Å²) >= 11 is 1.57. The van der Waals surface area contributed by atoms with Gasteiger partial charge in [-0.2, -0.15) is 4.31 Å². The summed E-state index contributed by atoms with van der Waals surface area (Å²) in [5.41, 5.74) is 3.29. The maximum atomic E-state index is 12.6. The van der Waals surface area contributed by atoms with Crippen LogP contribution in [0.15, 0.2) is 53.4 Å². The van der Waals surface area contributed by atoms with Crippen molar-refractivity contribution < 1.29 is 17.9 Å². The Kier molecular flexibility index (Phi) is 7.71. The quantitative estimate of drug-likeness (QED) is 0.691. The summed E-state index contributed by atoms with van der Waals surface area (Å²) < 4.78 is 31.9. The molecule has 0 radical (unpaired) electrons. The Morgan fingerprint density at radius 3 is 2.52 bits per heavy atom. The van der Waals surface area contributed by atoms with Crippen LogP contribution in [0.3, 0.4) is 0 Å². The van der Waals surface area contributed by atoms with Crippen LogP contribution in [0, 0.1) is 6.92 Å². The molecule has 0 saturated carbocycles. The van der Waals surface area contributed by atoms with Crippen molar-refractivity contribution in [2.24, 2.45) is 0 Å². The average molecular weight is 435 g/mol. The first kappa shape index (κ1) is 21.8. The van der Waals surface area contributed by atoms with Gasteiger partial charge in [0.15, 0.2) is 0 Å². The van der Waals surface area contributed by atoms with Crippen molar-refractivity contribution in [2.45, 2.75) is 24.1 Å². The lowest BCUT2D eigenvalue weighted by Crippen LogP contribution is -2.40. The van der Waals surface area contributed by atoms with E-state index < -0.39 is 10.0 Å². The van der Waals surface area contributed by atoms with Gasteiger partial charge < -0.3 is 10.1 Å². The smallest absolute Gasteiger partial charge is 0.243 e. The SMILES string of the molecule is Cc1cccc(CSCC(=O)NCc2ccc(S(=O)(=O)N3CCOCC3)cc2)c1. The van der Waals surface area contributed by atoms with Gasteiger partial charge in [0, 0.05) is 25.4 Å². The summed E-state index contributed by atoms with van der Waals surface area (Å²) in [4.78, 5) is 12.3. The average Bonchev–Trinajstić information content (AvgIpc) is 2.73. The first-order chi connectivity index (χ1) is 13.9. The number of ether oxygens (including phenoxy) is 1. The number of sulfonamides is 1. The Bertz CT molecular complexity index is 924. The lowest BCUT2D eigenvalue weighted by atomic mass is 10.2. The second kappa shape index (κ2) is 10.2. The molecule has 2 aromatic carbocycles. The van der Waals surface area contributed by atoms with Crippen molar-refractivity contribution in [1.29, 1.82) is 0 Å². The summed E-state index contributed by atoms with van der Waals surface area (Å²) in [7, 11) is -3.49. The van der Waals surface area contributed by atoms with Gasteiger partial charge in [0.2, 0.25) is 15.9 Å². The summed E-state index contributed by atoms with van der Waals surface area (Å²) in [5, 5.41) is 2.88. The first-order valence-corrected chi connectivity index (χ1v) is 12.1. The molecule has 0 aliphatic carbocycles. The molecule has 1 amide bonds. The predicted octanol–water partition coefficient (Wildman–Crippen LogP) is 2.57. The fraction of sp³-hybridized carbons (Fsp3) is 0.381. The van der Waals surface area contributed by atoms with E-state index in [1.165, 1.54) is 15.4 Å². The number of aryl methyl sites for hydroxylation is 1. The summed E-state index contributed by atoms with van der Waals surface area (Å²) in [6.45, 7) is 4.03. The lowest BCUT2D eigenvalue weighted by Gasteiger charge is -2.26. The van der Waals surface area contributed by atoms with E-state index in [0.29, 0.717) is 38.6 Å². The van der Waals surface area contributed by atoms with Crippen LogP contribution in [0.5, 0.6) is 0 Å². The molecular formula is C21H26N2O4S2. The minimum absolute atomic E-state index is 0.0346. The Labute approximate surface area is 176 Å². The molecule has 29 heavy (non-hydrogen) atoms. The molecule has 1 N–H and O–H groups in total. The highest BCUT2D eigenvalue weighted by Gasteiger charge is 2.26. The fourth-order valence-electron chi connectivity index (χ4n) is 3.03. The lowest BCUT2D eigenvalue weighted by molar-refractivity contribution is -0.118. The van der Waals surface area contributed by atoms with Gasteiger partial charge in [-0.1, -0.05) is 42.0 Å². The minimum atomic E-state index is -3.49. The third kappa shape index (κ3) is 6.30. The van der Waals surface area contributed by atoms with Crippen LogP contribution in [0.1, 0.15) is 16.7 Å². The molecule has 0 atom stereocenters. The molecule has 0 aromatic heterocycles. The number of carbonyl (C=O) groups excluding carboxylic acids is 1. The van der Waals surface area contributed by atoms with Crippen LogP contribution >= 0.6 is 11.8 Å². The topological polar surface area (TPSA) is 75.7 Å². The number of thioether (sulfide) groups is 1. The van der Waals surface area contributed by atoms with Gasteiger partial charge in [0.25, 0.3) is 0 Å². The molecular weight excluding hydrogens is 408 g/mol. The number of rotatable bonds is 8. The number of morpholine rings is 1. The Balaban J connectivity index is 1.45. The third-order valence-electron chi connectivity index (χ3n) is 4.61. The van der Waals surface area contributed by atoms with Gasteiger partial charge in [-0.15, -0.1) is 11.8 Å². The molecule has 1 saturated heterocycles. The highest BCUT2D eigenvalue weighted by molar-refractivity contribution is 7.99.